The van der Waals surface area contributed by atoms with Crippen LogP contribution in [0.25, 0.3) is 22.3 Å². The van der Waals surface area contributed by atoms with Crippen molar-refractivity contribution in [2.75, 3.05) is 5.43 Å². The summed E-state index contributed by atoms with van der Waals surface area (Å²) >= 11 is 0. The Morgan fingerprint density at radius 2 is 1.45 bits per heavy atom. The summed E-state index contributed by atoms with van der Waals surface area (Å²) in [5.41, 5.74) is 5.53. The zero-order valence-corrected chi connectivity index (χ0v) is 21.6. The average Bonchev–Trinajstić information content (AvgIpc) is 3.23. The van der Waals surface area contributed by atoms with Gasteiger partial charge in [-0.15, -0.1) is 0 Å². The summed E-state index contributed by atoms with van der Waals surface area (Å²) in [5, 5.41) is 0.319. The van der Waals surface area contributed by atoms with Crippen LogP contribution < -0.4 is 11.0 Å². The van der Waals surface area contributed by atoms with Crippen LogP contribution in [0.2, 0.25) is 0 Å². The average molecular weight is 529 g/mol. The summed E-state index contributed by atoms with van der Waals surface area (Å²) in [4.78, 5) is 60.3. The highest BCUT2D eigenvalue weighted by Crippen LogP contribution is 2.27. The van der Waals surface area contributed by atoms with Crippen molar-refractivity contribution >= 4 is 28.6 Å². The number of para-hydroxylation sites is 1. The lowest BCUT2D eigenvalue weighted by Crippen LogP contribution is -2.51. The first-order chi connectivity index (χ1) is 19.4. The molecule has 0 unspecified atom stereocenters. The van der Waals surface area contributed by atoms with Crippen molar-refractivity contribution in [3.63, 3.8) is 0 Å². The van der Waals surface area contributed by atoms with Crippen molar-refractivity contribution < 1.29 is 14.4 Å². The normalized spacial score (nSPS) is 13.4. The first-order valence-corrected chi connectivity index (χ1v) is 12.8. The second-order valence-electron chi connectivity index (χ2n) is 9.67. The third-order valence-corrected chi connectivity index (χ3v) is 6.99. The number of carbonyl (C=O) groups excluding carboxylic acids is 3. The lowest BCUT2D eigenvalue weighted by Gasteiger charge is -2.26. The molecule has 1 aromatic heterocycles. The largest absolute Gasteiger partial charge is 0.280 e. The molecule has 6 rings (SSSR count). The minimum absolute atomic E-state index is 0.0632. The molecule has 0 saturated carbocycles. The first kappa shape index (κ1) is 24.9. The maximum atomic E-state index is 14.0. The summed E-state index contributed by atoms with van der Waals surface area (Å²) in [6, 6.07) is 28.7. The van der Waals surface area contributed by atoms with Crippen molar-refractivity contribution in [3.05, 3.63) is 136 Å². The summed E-state index contributed by atoms with van der Waals surface area (Å²) < 4.78 is 1.11. The molecule has 4 aromatic carbocycles. The van der Waals surface area contributed by atoms with Crippen molar-refractivity contribution in [2.24, 2.45) is 0 Å². The number of hydrogen-bond acceptors (Lipinski definition) is 5. The molecule has 0 bridgehead atoms. The summed E-state index contributed by atoms with van der Waals surface area (Å²) in [5.74, 6) is -1.56. The predicted molar refractivity (Wildman–Crippen MR) is 151 cm³/mol. The molecule has 1 aliphatic rings. The van der Waals surface area contributed by atoms with Gasteiger partial charge in [-0.1, -0.05) is 78.4 Å². The highest BCUT2D eigenvalue weighted by atomic mass is 16.2. The van der Waals surface area contributed by atoms with Gasteiger partial charge in [-0.2, -0.15) is 4.68 Å². The SMILES string of the molecule is Cc1cccc(-c2nc3ccccc3c(=O)n2NC(=O)[C@H](Cc2ccccc2)N2C(=O)c3ccccc3C2=O)c1. The van der Waals surface area contributed by atoms with Crippen LogP contribution in [0.3, 0.4) is 0 Å². The standard InChI is InChI=1S/C32H24N4O4/c1-20-10-9-13-22(18-20)28-33-26-17-8-7-16-25(26)32(40)36(28)34-29(37)27(19-21-11-3-2-4-12-21)35-30(38)23-14-5-6-15-24(23)31(35)39/h2-18,27H,19H2,1H3,(H,34,37)/t27-/m0/s1. The van der Waals surface area contributed by atoms with E-state index >= 15 is 0 Å². The predicted octanol–water partition coefficient (Wildman–Crippen LogP) is 4.35. The van der Waals surface area contributed by atoms with Crippen LogP contribution >= 0.6 is 0 Å². The molecule has 1 N–H and O–H groups in total. The maximum absolute atomic E-state index is 14.0. The van der Waals surface area contributed by atoms with Crippen LogP contribution in [0.1, 0.15) is 31.8 Å². The second-order valence-corrected chi connectivity index (χ2v) is 9.67. The molecule has 8 heteroatoms. The van der Waals surface area contributed by atoms with Crippen molar-refractivity contribution in [3.8, 4) is 11.4 Å². The third kappa shape index (κ3) is 4.35. The zero-order chi connectivity index (χ0) is 27.8. The monoisotopic (exact) mass is 528 g/mol. The van der Waals surface area contributed by atoms with E-state index in [4.69, 9.17) is 4.98 Å². The van der Waals surface area contributed by atoms with E-state index in [2.05, 4.69) is 5.43 Å². The molecule has 1 atom stereocenters. The number of benzene rings is 4. The minimum Gasteiger partial charge on any atom is -0.271 e. The zero-order valence-electron chi connectivity index (χ0n) is 21.6. The molecule has 0 radical (unpaired) electrons. The first-order valence-electron chi connectivity index (χ1n) is 12.8. The molecule has 0 spiro atoms. The molecule has 0 aliphatic carbocycles. The van der Waals surface area contributed by atoms with Crippen molar-refractivity contribution in [1.82, 2.24) is 14.6 Å². The van der Waals surface area contributed by atoms with E-state index in [1.54, 1.807) is 54.6 Å². The maximum Gasteiger partial charge on any atom is 0.280 e. The summed E-state index contributed by atoms with van der Waals surface area (Å²) in [6.07, 6.45) is 0.0632. The lowest BCUT2D eigenvalue weighted by atomic mass is 10.0. The molecule has 196 valence electrons. The van der Waals surface area contributed by atoms with Gasteiger partial charge in [0, 0.05) is 12.0 Å². The quantitative estimate of drug-likeness (QED) is 0.330. The second kappa shape index (κ2) is 10.1. The van der Waals surface area contributed by atoms with Gasteiger partial charge in [0.05, 0.1) is 22.0 Å². The van der Waals surface area contributed by atoms with Gasteiger partial charge < -0.3 is 0 Å². The highest BCUT2D eigenvalue weighted by molar-refractivity contribution is 6.23. The Balaban J connectivity index is 1.46. The summed E-state index contributed by atoms with van der Waals surface area (Å²) in [6.45, 7) is 1.92. The number of carbonyl (C=O) groups is 3. The molecule has 3 amide bonds. The van der Waals surface area contributed by atoms with Crippen LogP contribution in [0.15, 0.2) is 108 Å². The minimum atomic E-state index is -1.22. The Morgan fingerprint density at radius 1 is 0.800 bits per heavy atom. The fourth-order valence-electron chi connectivity index (χ4n) is 5.03. The Labute approximate surface area is 229 Å². The fraction of sp³-hybridized carbons (Fsp3) is 0.0938. The Bertz CT molecular complexity index is 1830. The van der Waals surface area contributed by atoms with Crippen LogP contribution in [0.4, 0.5) is 0 Å². The molecule has 2 heterocycles. The van der Waals surface area contributed by atoms with Crippen LogP contribution in [0.5, 0.6) is 0 Å². The molecule has 0 fully saturated rings. The number of aromatic nitrogens is 2. The van der Waals surface area contributed by atoms with E-state index in [1.807, 2.05) is 55.5 Å². The molecule has 8 nitrogen and oxygen atoms in total. The Morgan fingerprint density at radius 3 is 2.15 bits per heavy atom. The van der Waals surface area contributed by atoms with Gasteiger partial charge in [-0.25, -0.2) is 4.98 Å². The molecular weight excluding hydrogens is 504 g/mol. The van der Waals surface area contributed by atoms with Gasteiger partial charge in [0.15, 0.2) is 5.82 Å². The number of hydrogen-bond donors (Lipinski definition) is 1. The lowest BCUT2D eigenvalue weighted by molar-refractivity contribution is -0.120. The van der Waals surface area contributed by atoms with Gasteiger partial charge in [-0.05, 0) is 42.8 Å². The van der Waals surface area contributed by atoms with E-state index in [-0.39, 0.29) is 23.4 Å². The number of aryl methyl sites for hydroxylation is 1. The molecule has 0 saturated heterocycles. The van der Waals surface area contributed by atoms with E-state index in [1.165, 1.54) is 0 Å². The van der Waals surface area contributed by atoms with Crippen LogP contribution in [0, 0.1) is 6.92 Å². The number of amides is 3. The molecule has 1 aliphatic heterocycles. The number of nitrogens with zero attached hydrogens (tertiary/aromatic N) is 3. The number of fused-ring (bicyclic) bond motifs is 2. The number of nitrogens with one attached hydrogen (secondary N) is 1. The summed E-state index contributed by atoms with van der Waals surface area (Å²) in [7, 11) is 0. The van der Waals surface area contributed by atoms with Gasteiger partial charge in [0.25, 0.3) is 23.3 Å². The number of rotatable bonds is 6. The van der Waals surface area contributed by atoms with Gasteiger partial charge in [0.2, 0.25) is 0 Å². The van der Waals surface area contributed by atoms with E-state index < -0.39 is 29.3 Å². The van der Waals surface area contributed by atoms with Crippen molar-refractivity contribution in [2.45, 2.75) is 19.4 Å². The smallest absolute Gasteiger partial charge is 0.271 e. The van der Waals surface area contributed by atoms with Gasteiger partial charge in [-0.3, -0.25) is 29.5 Å². The Hall–Kier alpha value is -5.37. The third-order valence-electron chi connectivity index (χ3n) is 6.99. The highest BCUT2D eigenvalue weighted by Gasteiger charge is 2.43. The van der Waals surface area contributed by atoms with E-state index in [0.717, 1.165) is 20.7 Å². The number of imide groups is 1. The van der Waals surface area contributed by atoms with Crippen LogP contribution in [-0.2, 0) is 11.2 Å². The van der Waals surface area contributed by atoms with E-state index in [9.17, 15) is 19.2 Å². The fourth-order valence-corrected chi connectivity index (χ4v) is 5.03. The van der Waals surface area contributed by atoms with Gasteiger partial charge in [0.1, 0.15) is 6.04 Å². The topological polar surface area (TPSA) is 101 Å². The van der Waals surface area contributed by atoms with Crippen molar-refractivity contribution in [1.29, 1.82) is 0 Å². The molecule has 5 aromatic rings. The van der Waals surface area contributed by atoms with Gasteiger partial charge >= 0.3 is 0 Å². The molecular formula is C32H24N4O4. The molecule has 40 heavy (non-hydrogen) atoms. The Kier molecular flexibility index (Phi) is 6.28. The van der Waals surface area contributed by atoms with Crippen LogP contribution in [-0.4, -0.2) is 38.3 Å². The van der Waals surface area contributed by atoms with E-state index in [0.29, 0.717) is 16.5 Å².